The van der Waals surface area contributed by atoms with Crippen molar-refractivity contribution in [1.82, 2.24) is 5.43 Å². The number of nitrogens with one attached hydrogen (secondary N) is 1. The second kappa shape index (κ2) is 4.57. The smallest absolute Gasteiger partial charge is 0.425 e. The lowest BCUT2D eigenvalue weighted by Gasteiger charge is -1.97. The van der Waals surface area contributed by atoms with E-state index in [2.05, 4.69) is 5.10 Å². The fourth-order valence-electron chi connectivity index (χ4n) is 0.777. The molecule has 2 N–H and O–H groups in total. The summed E-state index contributed by atoms with van der Waals surface area (Å²) in [5.74, 6) is -0.578. The highest BCUT2D eigenvalue weighted by atomic mass is 35.5. The highest BCUT2D eigenvalue weighted by Crippen LogP contribution is 2.17. The van der Waals surface area contributed by atoms with Gasteiger partial charge in [0.2, 0.25) is 0 Å². The zero-order valence-electron chi connectivity index (χ0n) is 6.87. The number of amides is 1. The molecule has 0 saturated heterocycles. The quantitative estimate of drug-likeness (QED) is 0.587. The number of hydrazone groups is 1. The Morgan fingerprint density at radius 3 is 3.00 bits per heavy atom. The Balaban J connectivity index is 2.81. The van der Waals surface area contributed by atoms with Gasteiger partial charge in [-0.25, -0.2) is 14.6 Å². The Bertz CT molecular complexity index is 382. The number of hydrogen-bond acceptors (Lipinski definition) is 2. The lowest BCUT2D eigenvalue weighted by atomic mass is 10.2. The molecule has 1 amide bonds. The number of rotatable bonds is 2. The lowest BCUT2D eigenvalue weighted by Crippen LogP contribution is -2.13. The van der Waals surface area contributed by atoms with Gasteiger partial charge >= 0.3 is 6.09 Å². The minimum atomic E-state index is -1.30. The molecular formula is C8H6ClFN2O2. The van der Waals surface area contributed by atoms with Gasteiger partial charge in [0.05, 0.1) is 11.2 Å². The molecule has 14 heavy (non-hydrogen) atoms. The average Bonchev–Trinajstić information content (AvgIpc) is 2.12. The van der Waals surface area contributed by atoms with Crippen LogP contribution in [0.1, 0.15) is 5.56 Å². The Labute approximate surface area is 84.0 Å². The van der Waals surface area contributed by atoms with Gasteiger partial charge in [0, 0.05) is 5.56 Å². The van der Waals surface area contributed by atoms with E-state index in [0.717, 1.165) is 6.21 Å². The maximum absolute atomic E-state index is 12.8. The van der Waals surface area contributed by atoms with Crippen LogP contribution in [0.15, 0.2) is 23.3 Å². The van der Waals surface area contributed by atoms with Crippen LogP contribution < -0.4 is 5.43 Å². The fraction of sp³-hybridized carbons (Fsp3) is 0. The molecule has 0 aliphatic carbocycles. The van der Waals surface area contributed by atoms with Crippen LogP contribution in [0.3, 0.4) is 0 Å². The minimum absolute atomic E-state index is 0.0940. The summed E-state index contributed by atoms with van der Waals surface area (Å²) in [5.41, 5.74) is 2.05. The third-order valence-corrected chi connectivity index (χ3v) is 1.74. The van der Waals surface area contributed by atoms with E-state index < -0.39 is 11.9 Å². The molecule has 0 atom stereocenters. The second-order valence-electron chi connectivity index (χ2n) is 2.32. The third kappa shape index (κ3) is 2.70. The first-order valence-corrected chi connectivity index (χ1v) is 3.95. The minimum Gasteiger partial charge on any atom is -0.464 e. The molecule has 0 aliphatic rings. The molecule has 0 bridgehead atoms. The Morgan fingerprint density at radius 2 is 2.36 bits per heavy atom. The molecule has 4 nitrogen and oxygen atoms in total. The van der Waals surface area contributed by atoms with Crippen LogP contribution in [-0.4, -0.2) is 17.4 Å². The molecule has 1 aromatic carbocycles. The van der Waals surface area contributed by atoms with Gasteiger partial charge in [-0.1, -0.05) is 23.7 Å². The number of hydrogen-bond donors (Lipinski definition) is 2. The number of nitrogens with zero attached hydrogens (tertiary/aromatic N) is 1. The van der Waals surface area contributed by atoms with Crippen molar-refractivity contribution in [2.45, 2.75) is 0 Å². The molecule has 0 radical (unpaired) electrons. The van der Waals surface area contributed by atoms with Crippen molar-refractivity contribution in [3.8, 4) is 0 Å². The number of carboxylic acid groups (broad SMARTS) is 1. The van der Waals surface area contributed by atoms with E-state index in [1.807, 2.05) is 0 Å². The summed E-state index contributed by atoms with van der Waals surface area (Å²) in [7, 11) is 0. The van der Waals surface area contributed by atoms with Gasteiger partial charge in [-0.15, -0.1) is 0 Å². The largest absolute Gasteiger partial charge is 0.464 e. The van der Waals surface area contributed by atoms with Gasteiger partial charge in [0.15, 0.2) is 0 Å². The van der Waals surface area contributed by atoms with E-state index in [9.17, 15) is 9.18 Å². The zero-order chi connectivity index (χ0) is 10.6. The van der Waals surface area contributed by atoms with Crippen molar-refractivity contribution in [2.24, 2.45) is 5.10 Å². The molecule has 0 fully saturated rings. The van der Waals surface area contributed by atoms with Gasteiger partial charge in [-0.2, -0.15) is 5.10 Å². The lowest BCUT2D eigenvalue weighted by molar-refractivity contribution is 0.195. The molecule has 0 saturated carbocycles. The van der Waals surface area contributed by atoms with E-state index >= 15 is 0 Å². The number of carbonyl (C=O) groups is 1. The first-order chi connectivity index (χ1) is 6.61. The SMILES string of the molecule is O=C(O)N/N=C/c1cccc(F)c1Cl. The summed E-state index contributed by atoms with van der Waals surface area (Å²) in [5, 5.41) is 11.4. The Kier molecular flexibility index (Phi) is 3.41. The molecule has 0 spiro atoms. The molecule has 74 valence electrons. The van der Waals surface area contributed by atoms with Crippen LogP contribution in [0.2, 0.25) is 5.02 Å². The van der Waals surface area contributed by atoms with Crippen molar-refractivity contribution in [1.29, 1.82) is 0 Å². The van der Waals surface area contributed by atoms with E-state index in [1.165, 1.54) is 18.2 Å². The molecule has 6 heteroatoms. The third-order valence-electron chi connectivity index (χ3n) is 1.35. The molecule has 1 aromatic rings. The summed E-state index contributed by atoms with van der Waals surface area (Å²) in [6, 6.07) is 4.16. The first-order valence-electron chi connectivity index (χ1n) is 3.57. The Hall–Kier alpha value is -1.62. The van der Waals surface area contributed by atoms with Crippen LogP contribution >= 0.6 is 11.6 Å². The zero-order valence-corrected chi connectivity index (χ0v) is 7.62. The van der Waals surface area contributed by atoms with E-state index in [0.29, 0.717) is 5.56 Å². The molecule has 0 aliphatic heterocycles. The van der Waals surface area contributed by atoms with Gasteiger partial charge in [0.1, 0.15) is 5.82 Å². The summed E-state index contributed by atoms with van der Waals surface area (Å²) in [6.07, 6.45) is -0.173. The van der Waals surface area contributed by atoms with E-state index in [-0.39, 0.29) is 5.02 Å². The predicted octanol–water partition coefficient (Wildman–Crippen LogP) is 2.08. The molecule has 1 rings (SSSR count). The summed E-state index contributed by atoms with van der Waals surface area (Å²) < 4.78 is 12.8. The van der Waals surface area contributed by atoms with Crippen molar-refractivity contribution in [3.05, 3.63) is 34.6 Å². The fourth-order valence-corrected chi connectivity index (χ4v) is 0.952. The molecular weight excluding hydrogens is 211 g/mol. The average molecular weight is 217 g/mol. The topological polar surface area (TPSA) is 61.7 Å². The summed E-state index contributed by atoms with van der Waals surface area (Å²) >= 11 is 5.57. The number of benzene rings is 1. The van der Waals surface area contributed by atoms with Gasteiger partial charge in [-0.05, 0) is 6.07 Å². The normalized spacial score (nSPS) is 10.4. The number of halogens is 2. The van der Waals surface area contributed by atoms with Crippen molar-refractivity contribution in [3.63, 3.8) is 0 Å². The Morgan fingerprint density at radius 1 is 1.64 bits per heavy atom. The maximum atomic E-state index is 12.8. The standard InChI is InChI=1S/C8H6ClFN2O2/c9-7-5(2-1-3-6(7)10)4-11-12-8(13)14/h1-4,12H,(H,13,14)/b11-4+. The van der Waals surface area contributed by atoms with Crippen LogP contribution in [-0.2, 0) is 0 Å². The van der Waals surface area contributed by atoms with E-state index in [1.54, 1.807) is 5.43 Å². The van der Waals surface area contributed by atoms with Crippen molar-refractivity contribution < 1.29 is 14.3 Å². The second-order valence-corrected chi connectivity index (χ2v) is 2.70. The molecule has 0 heterocycles. The monoisotopic (exact) mass is 216 g/mol. The van der Waals surface area contributed by atoms with Gasteiger partial charge in [-0.3, -0.25) is 0 Å². The van der Waals surface area contributed by atoms with Gasteiger partial charge < -0.3 is 5.11 Å². The summed E-state index contributed by atoms with van der Waals surface area (Å²) in [4.78, 5) is 10.0. The van der Waals surface area contributed by atoms with E-state index in [4.69, 9.17) is 16.7 Å². The van der Waals surface area contributed by atoms with Crippen LogP contribution in [0.4, 0.5) is 9.18 Å². The van der Waals surface area contributed by atoms with Gasteiger partial charge in [0.25, 0.3) is 0 Å². The first kappa shape index (κ1) is 10.5. The molecule has 0 unspecified atom stereocenters. The highest BCUT2D eigenvalue weighted by Gasteiger charge is 2.02. The van der Waals surface area contributed by atoms with Crippen LogP contribution in [0, 0.1) is 5.82 Å². The predicted molar refractivity (Wildman–Crippen MR) is 50.2 cm³/mol. The summed E-state index contributed by atoms with van der Waals surface area (Å²) in [6.45, 7) is 0. The molecule has 0 aromatic heterocycles. The van der Waals surface area contributed by atoms with Crippen LogP contribution in [0.25, 0.3) is 0 Å². The van der Waals surface area contributed by atoms with Crippen LogP contribution in [0.5, 0.6) is 0 Å². The maximum Gasteiger partial charge on any atom is 0.425 e. The van der Waals surface area contributed by atoms with Crippen molar-refractivity contribution in [2.75, 3.05) is 0 Å². The highest BCUT2D eigenvalue weighted by molar-refractivity contribution is 6.33. The van der Waals surface area contributed by atoms with Crippen molar-refractivity contribution >= 4 is 23.9 Å².